The Morgan fingerprint density at radius 3 is 2.35 bits per heavy atom. The number of para-hydroxylation sites is 1. The lowest BCUT2D eigenvalue weighted by molar-refractivity contribution is 0.0335. The molecule has 3 heteroatoms. The van der Waals surface area contributed by atoms with Crippen molar-refractivity contribution in [1.29, 1.82) is 0 Å². The molecule has 0 N–H and O–H groups in total. The van der Waals surface area contributed by atoms with Crippen LogP contribution in [0.25, 0.3) is 0 Å². The van der Waals surface area contributed by atoms with E-state index >= 15 is 0 Å². The summed E-state index contributed by atoms with van der Waals surface area (Å²) in [4.78, 5) is 2.55. The Balaban J connectivity index is 1.90. The van der Waals surface area contributed by atoms with Gasteiger partial charge in [-0.1, -0.05) is 69.3 Å². The van der Waals surface area contributed by atoms with Gasteiger partial charge in [0.1, 0.15) is 0 Å². The number of hydrogen-bond acceptors (Lipinski definition) is 2. The molecule has 1 radical (unpaired) electrons. The van der Waals surface area contributed by atoms with E-state index < -0.39 is 9.04 Å². The van der Waals surface area contributed by atoms with Gasteiger partial charge < -0.3 is 9.33 Å². The van der Waals surface area contributed by atoms with Crippen LogP contribution < -0.4 is 4.90 Å². The van der Waals surface area contributed by atoms with Crippen LogP contribution in [-0.4, -0.2) is 21.7 Å². The fourth-order valence-electron chi connectivity index (χ4n) is 4.11. The predicted octanol–water partition coefficient (Wildman–Crippen LogP) is 5.55. The lowest BCUT2D eigenvalue weighted by Crippen LogP contribution is -2.47. The zero-order valence-corrected chi connectivity index (χ0v) is 17.8. The number of fused-ring (bicyclic) bond motifs is 1. The number of hydrogen-bond donors (Lipinski definition) is 0. The molecule has 0 aliphatic carbocycles. The Bertz CT molecular complexity index is 708. The summed E-state index contributed by atoms with van der Waals surface area (Å²) in [7, 11) is -0.735. The lowest BCUT2D eigenvalue weighted by atomic mass is 9.77. The van der Waals surface area contributed by atoms with Gasteiger partial charge in [0.2, 0.25) is 9.04 Å². The molecule has 0 bridgehead atoms. The van der Waals surface area contributed by atoms with Crippen molar-refractivity contribution in [3.05, 3.63) is 65.7 Å². The van der Waals surface area contributed by atoms with E-state index in [0.29, 0.717) is 5.92 Å². The molecular formula is C23H32NOSi. The molecule has 2 unspecified atom stereocenters. The summed E-state index contributed by atoms with van der Waals surface area (Å²) in [5, 5.41) is 0. The lowest BCUT2D eigenvalue weighted by Gasteiger charge is -2.44. The van der Waals surface area contributed by atoms with Gasteiger partial charge in [0.15, 0.2) is 0 Å². The third-order valence-corrected chi connectivity index (χ3v) is 5.86. The molecule has 1 aliphatic heterocycles. The number of benzene rings is 2. The van der Waals surface area contributed by atoms with Crippen LogP contribution in [0.4, 0.5) is 5.69 Å². The van der Waals surface area contributed by atoms with Gasteiger partial charge in [-0.25, -0.2) is 0 Å². The third-order valence-electron chi connectivity index (χ3n) is 5.13. The highest BCUT2D eigenvalue weighted by Gasteiger charge is 2.37. The highest BCUT2D eigenvalue weighted by atomic mass is 28.3. The van der Waals surface area contributed by atoms with E-state index in [4.69, 9.17) is 4.43 Å². The molecule has 1 heterocycles. The summed E-state index contributed by atoms with van der Waals surface area (Å²) in [5.74, 6) is 0.522. The fraction of sp³-hybridized carbons (Fsp3) is 0.478. The minimum atomic E-state index is -0.735. The maximum atomic E-state index is 6.54. The first kappa shape index (κ1) is 19.2. The molecule has 0 spiro atoms. The van der Waals surface area contributed by atoms with E-state index in [1.165, 1.54) is 16.8 Å². The summed E-state index contributed by atoms with van der Waals surface area (Å²) in [6.07, 6.45) is 1.40. The van der Waals surface area contributed by atoms with E-state index in [1.807, 2.05) is 0 Å². The molecule has 0 aromatic heterocycles. The van der Waals surface area contributed by atoms with Crippen molar-refractivity contribution in [3.63, 3.8) is 0 Å². The highest BCUT2D eigenvalue weighted by molar-refractivity contribution is 6.48. The van der Waals surface area contributed by atoms with E-state index in [-0.39, 0.29) is 11.5 Å². The maximum absolute atomic E-state index is 6.54. The second kappa shape index (κ2) is 7.97. The molecule has 26 heavy (non-hydrogen) atoms. The molecule has 0 fully saturated rings. The molecular weight excluding hydrogens is 334 g/mol. The standard InChI is InChI=1S/C23H32NOSi/c1-23(2,3)22(25-26(4)5)20-15-19-13-9-10-14-21(19)24(17-20)16-18-11-7-6-8-12-18/h6-14,20,22H,15-17H2,1-5H3. The van der Waals surface area contributed by atoms with Gasteiger partial charge in [-0.05, 0) is 42.1 Å². The largest absolute Gasteiger partial charge is 0.413 e. The summed E-state index contributed by atoms with van der Waals surface area (Å²) in [6.45, 7) is 13.5. The average Bonchev–Trinajstić information content (AvgIpc) is 2.59. The van der Waals surface area contributed by atoms with Crippen LogP contribution in [0, 0.1) is 11.3 Å². The molecule has 0 saturated heterocycles. The van der Waals surface area contributed by atoms with Gasteiger partial charge in [0, 0.05) is 24.7 Å². The van der Waals surface area contributed by atoms with Crippen LogP contribution in [0.5, 0.6) is 0 Å². The summed E-state index contributed by atoms with van der Waals surface area (Å²) in [5.41, 5.74) is 4.36. The van der Waals surface area contributed by atoms with Gasteiger partial charge in [-0.3, -0.25) is 0 Å². The zero-order valence-electron chi connectivity index (χ0n) is 16.8. The highest BCUT2D eigenvalue weighted by Crippen LogP contribution is 2.38. The molecule has 2 aromatic carbocycles. The van der Waals surface area contributed by atoms with Crippen LogP contribution in [0.3, 0.4) is 0 Å². The Kier molecular flexibility index (Phi) is 5.88. The first-order valence-corrected chi connectivity index (χ1v) is 12.1. The van der Waals surface area contributed by atoms with E-state index in [1.54, 1.807) is 0 Å². The summed E-state index contributed by atoms with van der Waals surface area (Å²) < 4.78 is 6.54. The van der Waals surface area contributed by atoms with E-state index in [0.717, 1.165) is 19.5 Å². The number of anilines is 1. The Hall–Kier alpha value is -1.58. The quantitative estimate of drug-likeness (QED) is 0.643. The van der Waals surface area contributed by atoms with Gasteiger partial charge >= 0.3 is 0 Å². The molecule has 1 aliphatic rings. The molecule has 0 saturated carbocycles. The molecule has 0 amide bonds. The third kappa shape index (κ3) is 4.57. The topological polar surface area (TPSA) is 12.5 Å². The molecule has 2 atom stereocenters. The van der Waals surface area contributed by atoms with Crippen molar-refractivity contribution in [1.82, 2.24) is 0 Å². The first-order chi connectivity index (χ1) is 12.3. The number of rotatable bonds is 5. The first-order valence-electron chi connectivity index (χ1n) is 9.68. The van der Waals surface area contributed by atoms with Crippen molar-refractivity contribution < 1.29 is 4.43 Å². The second-order valence-electron chi connectivity index (χ2n) is 8.77. The van der Waals surface area contributed by atoms with E-state index in [2.05, 4.69) is 93.4 Å². The van der Waals surface area contributed by atoms with Crippen molar-refractivity contribution in [3.8, 4) is 0 Å². The van der Waals surface area contributed by atoms with Crippen LogP contribution in [0.15, 0.2) is 54.6 Å². The van der Waals surface area contributed by atoms with Crippen molar-refractivity contribution in [2.24, 2.45) is 11.3 Å². The van der Waals surface area contributed by atoms with Crippen molar-refractivity contribution >= 4 is 14.7 Å². The van der Waals surface area contributed by atoms with Crippen LogP contribution in [0.2, 0.25) is 13.1 Å². The smallest absolute Gasteiger partial charge is 0.205 e. The van der Waals surface area contributed by atoms with Gasteiger partial charge in [0.25, 0.3) is 0 Å². The van der Waals surface area contributed by atoms with E-state index in [9.17, 15) is 0 Å². The molecule has 2 nitrogen and oxygen atoms in total. The monoisotopic (exact) mass is 366 g/mol. The number of nitrogens with zero attached hydrogens (tertiary/aromatic N) is 1. The second-order valence-corrected chi connectivity index (χ2v) is 10.8. The minimum Gasteiger partial charge on any atom is -0.413 e. The maximum Gasteiger partial charge on any atom is 0.205 e. The summed E-state index contributed by atoms with van der Waals surface area (Å²) in [6, 6.07) is 19.7. The van der Waals surface area contributed by atoms with Crippen LogP contribution in [0.1, 0.15) is 31.9 Å². The molecule has 3 rings (SSSR count). The predicted molar refractivity (Wildman–Crippen MR) is 113 cm³/mol. The molecule has 2 aromatic rings. The molecule has 139 valence electrons. The summed E-state index contributed by atoms with van der Waals surface area (Å²) >= 11 is 0. The van der Waals surface area contributed by atoms with Crippen LogP contribution >= 0.6 is 0 Å². The van der Waals surface area contributed by atoms with Gasteiger partial charge in [-0.2, -0.15) is 0 Å². The van der Waals surface area contributed by atoms with Crippen molar-refractivity contribution in [2.45, 2.75) is 52.9 Å². The zero-order chi connectivity index (χ0) is 18.7. The Morgan fingerprint density at radius 1 is 1.04 bits per heavy atom. The average molecular weight is 367 g/mol. The van der Waals surface area contributed by atoms with Crippen LogP contribution in [-0.2, 0) is 17.4 Å². The SMILES string of the molecule is C[Si](C)OC(C1Cc2ccccc2N(Cc2ccccc2)C1)C(C)(C)C. The Morgan fingerprint density at radius 2 is 1.69 bits per heavy atom. The van der Waals surface area contributed by atoms with Gasteiger partial charge in [-0.15, -0.1) is 0 Å². The normalized spacial score (nSPS) is 18.7. The Labute approximate surface area is 160 Å². The minimum absolute atomic E-state index is 0.150. The fourth-order valence-corrected chi connectivity index (χ4v) is 5.16. The van der Waals surface area contributed by atoms with Gasteiger partial charge in [0.05, 0.1) is 6.10 Å². The van der Waals surface area contributed by atoms with Crippen molar-refractivity contribution in [2.75, 3.05) is 11.4 Å².